The van der Waals surface area contributed by atoms with Crippen molar-refractivity contribution in [3.63, 3.8) is 0 Å². The molecule has 1 rings (SSSR count). The zero-order valence-electron chi connectivity index (χ0n) is 11.2. The SMILES string of the molecule is CCOC(=O)C(C(=O)OCC)c1ccc(C)cc1I. The third-order valence-electron chi connectivity index (χ3n) is 2.51. The van der Waals surface area contributed by atoms with E-state index in [9.17, 15) is 9.59 Å². The lowest BCUT2D eigenvalue weighted by Gasteiger charge is -2.16. The van der Waals surface area contributed by atoms with E-state index < -0.39 is 17.9 Å². The molecule has 0 saturated heterocycles. The minimum absolute atomic E-state index is 0.233. The summed E-state index contributed by atoms with van der Waals surface area (Å²) in [6, 6.07) is 5.56. The molecule has 0 aliphatic rings. The van der Waals surface area contributed by atoms with E-state index in [0.29, 0.717) is 5.56 Å². The fraction of sp³-hybridized carbons (Fsp3) is 0.429. The number of hydrogen-bond acceptors (Lipinski definition) is 4. The lowest BCUT2D eigenvalue weighted by atomic mass is 9.98. The van der Waals surface area contributed by atoms with Crippen molar-refractivity contribution in [2.75, 3.05) is 13.2 Å². The standard InChI is InChI=1S/C14H17IO4/c1-4-18-13(16)12(14(17)19-5-2)10-7-6-9(3)8-11(10)15/h6-8,12H,4-5H2,1-3H3. The number of benzene rings is 1. The van der Waals surface area contributed by atoms with Crippen molar-refractivity contribution in [1.82, 2.24) is 0 Å². The van der Waals surface area contributed by atoms with Crippen molar-refractivity contribution in [1.29, 1.82) is 0 Å². The Hall–Kier alpha value is -1.11. The number of aryl methyl sites for hydroxylation is 1. The summed E-state index contributed by atoms with van der Waals surface area (Å²) < 4.78 is 10.8. The molecule has 5 heteroatoms. The van der Waals surface area contributed by atoms with Crippen LogP contribution in [0.15, 0.2) is 18.2 Å². The summed E-state index contributed by atoms with van der Waals surface area (Å²) in [7, 11) is 0. The second-order valence-corrected chi connectivity index (χ2v) is 5.12. The van der Waals surface area contributed by atoms with Crippen molar-refractivity contribution in [3.8, 4) is 0 Å². The Labute approximate surface area is 126 Å². The summed E-state index contributed by atoms with van der Waals surface area (Å²) in [6.45, 7) is 5.84. The van der Waals surface area contributed by atoms with Crippen LogP contribution >= 0.6 is 22.6 Å². The van der Waals surface area contributed by atoms with Crippen LogP contribution in [0.2, 0.25) is 0 Å². The highest BCUT2D eigenvalue weighted by Crippen LogP contribution is 2.25. The Morgan fingerprint density at radius 2 is 1.68 bits per heavy atom. The predicted molar refractivity (Wildman–Crippen MR) is 79.9 cm³/mol. The Kier molecular flexibility index (Phi) is 6.27. The normalized spacial score (nSPS) is 10.4. The number of ether oxygens (including phenoxy) is 2. The molecular weight excluding hydrogens is 359 g/mol. The van der Waals surface area contributed by atoms with Crippen LogP contribution in [0.3, 0.4) is 0 Å². The summed E-state index contributed by atoms with van der Waals surface area (Å²) in [5.74, 6) is -2.14. The highest BCUT2D eigenvalue weighted by atomic mass is 127. The van der Waals surface area contributed by atoms with Crippen LogP contribution in [-0.2, 0) is 19.1 Å². The first-order valence-electron chi connectivity index (χ1n) is 6.10. The summed E-state index contributed by atoms with van der Waals surface area (Å²) in [4.78, 5) is 23.9. The summed E-state index contributed by atoms with van der Waals surface area (Å²) in [5, 5.41) is 0. The van der Waals surface area contributed by atoms with Crippen LogP contribution in [0, 0.1) is 10.5 Å². The van der Waals surface area contributed by atoms with Gasteiger partial charge in [-0.05, 0) is 55.0 Å². The van der Waals surface area contributed by atoms with Crippen LogP contribution in [0.25, 0.3) is 0 Å². The molecule has 4 nitrogen and oxygen atoms in total. The predicted octanol–water partition coefficient (Wildman–Crippen LogP) is 2.81. The van der Waals surface area contributed by atoms with E-state index in [2.05, 4.69) is 22.6 Å². The van der Waals surface area contributed by atoms with Gasteiger partial charge in [-0.3, -0.25) is 9.59 Å². The van der Waals surface area contributed by atoms with Gasteiger partial charge in [-0.1, -0.05) is 17.7 Å². The smallest absolute Gasteiger partial charge is 0.324 e. The minimum atomic E-state index is -1.01. The van der Waals surface area contributed by atoms with Crippen molar-refractivity contribution >= 4 is 34.5 Å². The second kappa shape index (κ2) is 7.47. The van der Waals surface area contributed by atoms with Gasteiger partial charge >= 0.3 is 11.9 Å². The van der Waals surface area contributed by atoms with Crippen molar-refractivity contribution < 1.29 is 19.1 Å². The molecule has 0 N–H and O–H groups in total. The fourth-order valence-electron chi connectivity index (χ4n) is 1.67. The molecule has 0 bridgehead atoms. The average molecular weight is 376 g/mol. The third-order valence-corrected chi connectivity index (χ3v) is 3.45. The molecule has 1 aromatic carbocycles. The van der Waals surface area contributed by atoms with Gasteiger partial charge in [-0.15, -0.1) is 0 Å². The molecular formula is C14H17IO4. The molecule has 0 heterocycles. The Bertz CT molecular complexity index is 453. The zero-order chi connectivity index (χ0) is 14.4. The number of esters is 2. The van der Waals surface area contributed by atoms with Gasteiger partial charge in [0.1, 0.15) is 0 Å². The van der Waals surface area contributed by atoms with Gasteiger partial charge in [0.2, 0.25) is 0 Å². The van der Waals surface area contributed by atoms with Crippen LogP contribution in [0.4, 0.5) is 0 Å². The topological polar surface area (TPSA) is 52.6 Å². The van der Waals surface area contributed by atoms with Crippen LogP contribution in [0.1, 0.15) is 30.9 Å². The fourth-order valence-corrected chi connectivity index (χ4v) is 2.65. The van der Waals surface area contributed by atoms with Gasteiger partial charge in [-0.25, -0.2) is 0 Å². The maximum absolute atomic E-state index is 12.0. The van der Waals surface area contributed by atoms with Crippen molar-refractivity contribution in [3.05, 3.63) is 32.9 Å². The van der Waals surface area contributed by atoms with Gasteiger partial charge in [0.15, 0.2) is 5.92 Å². The molecule has 0 spiro atoms. The highest BCUT2D eigenvalue weighted by molar-refractivity contribution is 14.1. The van der Waals surface area contributed by atoms with E-state index in [1.807, 2.05) is 19.1 Å². The number of carbonyl (C=O) groups is 2. The first-order valence-corrected chi connectivity index (χ1v) is 7.18. The van der Waals surface area contributed by atoms with Gasteiger partial charge in [0, 0.05) is 3.57 Å². The van der Waals surface area contributed by atoms with E-state index in [-0.39, 0.29) is 13.2 Å². The third kappa shape index (κ3) is 4.19. The molecule has 1 aromatic rings. The van der Waals surface area contributed by atoms with Crippen molar-refractivity contribution in [2.24, 2.45) is 0 Å². The molecule has 104 valence electrons. The summed E-state index contributed by atoms with van der Waals surface area (Å²) in [5.41, 5.74) is 1.70. The average Bonchev–Trinajstić information content (AvgIpc) is 2.33. The zero-order valence-corrected chi connectivity index (χ0v) is 13.4. The van der Waals surface area contributed by atoms with E-state index in [1.54, 1.807) is 19.9 Å². The maximum Gasteiger partial charge on any atom is 0.324 e. The number of hydrogen-bond donors (Lipinski definition) is 0. The number of rotatable bonds is 5. The molecule has 0 radical (unpaired) electrons. The minimum Gasteiger partial charge on any atom is -0.465 e. The van der Waals surface area contributed by atoms with Gasteiger partial charge in [-0.2, -0.15) is 0 Å². The first kappa shape index (κ1) is 15.9. The maximum atomic E-state index is 12.0. The van der Waals surface area contributed by atoms with Crippen LogP contribution in [0.5, 0.6) is 0 Å². The summed E-state index contributed by atoms with van der Waals surface area (Å²) >= 11 is 2.11. The molecule has 19 heavy (non-hydrogen) atoms. The van der Waals surface area contributed by atoms with E-state index in [1.165, 1.54) is 0 Å². The van der Waals surface area contributed by atoms with E-state index in [4.69, 9.17) is 9.47 Å². The molecule has 0 aromatic heterocycles. The van der Waals surface area contributed by atoms with Crippen molar-refractivity contribution in [2.45, 2.75) is 26.7 Å². The molecule has 0 atom stereocenters. The molecule has 0 amide bonds. The number of carbonyl (C=O) groups excluding carboxylic acids is 2. The molecule has 0 unspecified atom stereocenters. The van der Waals surface area contributed by atoms with Gasteiger partial charge < -0.3 is 9.47 Å². The molecule has 0 saturated carbocycles. The van der Waals surface area contributed by atoms with Gasteiger partial charge in [0.05, 0.1) is 13.2 Å². The largest absolute Gasteiger partial charge is 0.465 e. The Morgan fingerprint density at radius 3 is 2.11 bits per heavy atom. The summed E-state index contributed by atoms with van der Waals surface area (Å²) in [6.07, 6.45) is 0. The lowest BCUT2D eigenvalue weighted by Crippen LogP contribution is -2.27. The van der Waals surface area contributed by atoms with E-state index in [0.717, 1.165) is 9.13 Å². The monoisotopic (exact) mass is 376 g/mol. The van der Waals surface area contributed by atoms with E-state index >= 15 is 0 Å². The molecule has 0 aliphatic heterocycles. The Balaban J connectivity index is 3.14. The van der Waals surface area contributed by atoms with Gasteiger partial charge in [0.25, 0.3) is 0 Å². The Morgan fingerprint density at radius 1 is 1.16 bits per heavy atom. The number of halogens is 1. The lowest BCUT2D eigenvalue weighted by molar-refractivity contribution is -0.156. The molecule has 0 aliphatic carbocycles. The quantitative estimate of drug-likeness (QED) is 0.451. The highest BCUT2D eigenvalue weighted by Gasteiger charge is 2.32. The van der Waals surface area contributed by atoms with Crippen LogP contribution in [-0.4, -0.2) is 25.2 Å². The molecule has 0 fully saturated rings. The first-order chi connectivity index (χ1) is 9.01. The second-order valence-electron chi connectivity index (χ2n) is 3.96. The van der Waals surface area contributed by atoms with Crippen LogP contribution < -0.4 is 0 Å².